The summed E-state index contributed by atoms with van der Waals surface area (Å²) in [5.41, 5.74) is 1.26. The number of sulfonamides is 1. The average Bonchev–Trinajstić information content (AvgIpc) is 3.45. The smallest absolute Gasteiger partial charge is 0.266 e. The van der Waals surface area contributed by atoms with E-state index in [4.69, 9.17) is 17.0 Å². The molecule has 186 valence electrons. The second kappa shape index (κ2) is 11.2. The predicted molar refractivity (Wildman–Crippen MR) is 145 cm³/mol. The first-order valence-corrected chi connectivity index (χ1v) is 14.1. The number of nitrogens with one attached hydrogen (secondary N) is 2. The van der Waals surface area contributed by atoms with Crippen molar-refractivity contribution in [3.63, 3.8) is 0 Å². The number of thioether (sulfide) groups is 1. The van der Waals surface area contributed by atoms with E-state index in [1.807, 2.05) is 12.1 Å². The summed E-state index contributed by atoms with van der Waals surface area (Å²) in [5, 5.41) is 4.63. The quantitative estimate of drug-likeness (QED) is 0.296. The Morgan fingerprint density at radius 3 is 2.53 bits per heavy atom. The Balaban J connectivity index is 1.32. The van der Waals surface area contributed by atoms with Crippen LogP contribution >= 0.6 is 35.3 Å². The number of carbonyl (C=O) groups is 2. The molecule has 9 nitrogen and oxygen atoms in total. The SMILES string of the molecule is COc1ccc(C=C2SC(=S)N(CCC(=O)Nc3ccc(S(=O)(=O)Nc4nccs4)cc3)C2=O)cc1. The van der Waals surface area contributed by atoms with Crippen molar-refractivity contribution in [3.05, 3.63) is 70.6 Å². The number of ether oxygens (including phenoxy) is 1. The molecule has 0 radical (unpaired) electrons. The molecular formula is C23H20N4O5S4. The Morgan fingerprint density at radius 2 is 1.89 bits per heavy atom. The average molecular weight is 561 g/mol. The Labute approximate surface area is 221 Å². The fraction of sp³-hybridized carbons (Fsp3) is 0.130. The molecule has 0 spiro atoms. The molecule has 0 aliphatic carbocycles. The van der Waals surface area contributed by atoms with Gasteiger partial charge in [0.15, 0.2) is 5.13 Å². The van der Waals surface area contributed by atoms with Crippen LogP contribution in [0.25, 0.3) is 6.08 Å². The lowest BCUT2D eigenvalue weighted by Crippen LogP contribution is -2.31. The van der Waals surface area contributed by atoms with Gasteiger partial charge in [-0.3, -0.25) is 19.2 Å². The Kier molecular flexibility index (Phi) is 8.04. The van der Waals surface area contributed by atoms with E-state index in [-0.39, 0.29) is 34.8 Å². The van der Waals surface area contributed by atoms with Crippen LogP contribution in [0.4, 0.5) is 10.8 Å². The van der Waals surface area contributed by atoms with Crippen LogP contribution in [-0.2, 0) is 19.6 Å². The van der Waals surface area contributed by atoms with Gasteiger partial charge < -0.3 is 10.1 Å². The van der Waals surface area contributed by atoms with Crippen molar-refractivity contribution in [1.29, 1.82) is 0 Å². The molecule has 0 bridgehead atoms. The zero-order valence-electron chi connectivity index (χ0n) is 18.8. The number of aromatic nitrogens is 1. The van der Waals surface area contributed by atoms with E-state index in [0.29, 0.717) is 20.7 Å². The normalized spacial score (nSPS) is 14.8. The Morgan fingerprint density at radius 1 is 1.17 bits per heavy atom. The molecule has 0 atom stereocenters. The van der Waals surface area contributed by atoms with Gasteiger partial charge in [-0.1, -0.05) is 36.1 Å². The highest BCUT2D eigenvalue weighted by atomic mass is 32.2. The highest BCUT2D eigenvalue weighted by Crippen LogP contribution is 2.33. The summed E-state index contributed by atoms with van der Waals surface area (Å²) in [6, 6.07) is 13.0. The number of rotatable bonds is 9. The van der Waals surface area contributed by atoms with Crippen molar-refractivity contribution < 1.29 is 22.7 Å². The Bertz CT molecular complexity index is 1400. The topological polar surface area (TPSA) is 118 Å². The fourth-order valence-electron chi connectivity index (χ4n) is 3.15. The summed E-state index contributed by atoms with van der Waals surface area (Å²) in [7, 11) is -2.20. The van der Waals surface area contributed by atoms with Crippen LogP contribution in [0.15, 0.2) is 69.9 Å². The molecule has 1 aliphatic heterocycles. The lowest BCUT2D eigenvalue weighted by atomic mass is 10.2. The third-order valence-corrected chi connectivity index (χ3v) is 8.50. The number of thiazole rings is 1. The van der Waals surface area contributed by atoms with Crippen LogP contribution in [0.1, 0.15) is 12.0 Å². The minimum atomic E-state index is -3.78. The third kappa shape index (κ3) is 6.29. The van der Waals surface area contributed by atoms with Crippen LogP contribution in [0.2, 0.25) is 0 Å². The van der Waals surface area contributed by atoms with Crippen LogP contribution < -0.4 is 14.8 Å². The molecule has 1 aliphatic rings. The predicted octanol–water partition coefficient (Wildman–Crippen LogP) is 4.18. The molecule has 3 aromatic rings. The minimum absolute atomic E-state index is 0.0217. The molecule has 0 saturated carbocycles. The summed E-state index contributed by atoms with van der Waals surface area (Å²) in [6.45, 7) is 0.126. The maximum atomic E-state index is 12.8. The van der Waals surface area contributed by atoms with Gasteiger partial charge in [-0.15, -0.1) is 11.3 Å². The second-order valence-electron chi connectivity index (χ2n) is 7.37. The third-order valence-electron chi connectivity index (χ3n) is 4.95. The maximum Gasteiger partial charge on any atom is 0.266 e. The molecule has 2 aromatic carbocycles. The van der Waals surface area contributed by atoms with Gasteiger partial charge in [0, 0.05) is 30.2 Å². The van der Waals surface area contributed by atoms with Gasteiger partial charge in [0.2, 0.25) is 5.91 Å². The molecule has 13 heteroatoms. The zero-order valence-corrected chi connectivity index (χ0v) is 22.1. The highest BCUT2D eigenvalue weighted by Gasteiger charge is 2.32. The number of benzene rings is 2. The molecule has 2 heterocycles. The second-order valence-corrected chi connectivity index (χ2v) is 11.6. The number of thiocarbonyl (C=S) groups is 1. The number of anilines is 2. The lowest BCUT2D eigenvalue weighted by Gasteiger charge is -2.14. The van der Waals surface area contributed by atoms with Crippen molar-refractivity contribution in [3.8, 4) is 5.75 Å². The molecule has 1 saturated heterocycles. The van der Waals surface area contributed by atoms with Gasteiger partial charge in [-0.2, -0.15) is 0 Å². The van der Waals surface area contributed by atoms with E-state index in [2.05, 4.69) is 15.0 Å². The molecule has 1 aromatic heterocycles. The van der Waals surface area contributed by atoms with Crippen molar-refractivity contribution in [2.24, 2.45) is 0 Å². The molecule has 2 N–H and O–H groups in total. The number of amides is 2. The number of methoxy groups -OCH3 is 1. The molecule has 4 rings (SSSR count). The van der Waals surface area contributed by atoms with Gasteiger partial charge in [0.25, 0.3) is 15.9 Å². The van der Waals surface area contributed by atoms with E-state index in [1.54, 1.807) is 30.7 Å². The summed E-state index contributed by atoms with van der Waals surface area (Å²) in [4.78, 5) is 31.1. The number of hydrogen-bond acceptors (Lipinski definition) is 9. The standard InChI is InChI=1S/C23H20N4O5S4/c1-32-17-6-2-15(3-7-17)14-19-21(29)27(23(33)35-19)12-10-20(28)25-16-4-8-18(9-5-16)36(30,31)26-22-24-11-13-34-22/h2-9,11,13-14H,10,12H2,1H3,(H,24,26)(H,25,28). The van der Waals surface area contributed by atoms with Crippen LogP contribution in [0.5, 0.6) is 5.75 Å². The van der Waals surface area contributed by atoms with E-state index >= 15 is 0 Å². The van der Waals surface area contributed by atoms with Crippen LogP contribution in [0.3, 0.4) is 0 Å². The van der Waals surface area contributed by atoms with E-state index in [9.17, 15) is 18.0 Å². The summed E-state index contributed by atoms with van der Waals surface area (Å²) in [6.07, 6.45) is 3.27. The van der Waals surface area contributed by atoms with Gasteiger partial charge >= 0.3 is 0 Å². The largest absolute Gasteiger partial charge is 0.497 e. The van der Waals surface area contributed by atoms with Crippen molar-refractivity contribution >= 4 is 78.4 Å². The first-order chi connectivity index (χ1) is 17.2. The fourth-order valence-corrected chi connectivity index (χ4v) is 6.24. The Hall–Kier alpha value is -3.26. The van der Waals surface area contributed by atoms with Gasteiger partial charge in [-0.05, 0) is 48.0 Å². The minimum Gasteiger partial charge on any atom is -0.497 e. The first kappa shape index (κ1) is 25.8. The molecule has 36 heavy (non-hydrogen) atoms. The zero-order chi connectivity index (χ0) is 25.7. The maximum absolute atomic E-state index is 12.8. The summed E-state index contributed by atoms with van der Waals surface area (Å²) >= 11 is 7.69. The summed E-state index contributed by atoms with van der Waals surface area (Å²) in [5.74, 6) is 0.130. The highest BCUT2D eigenvalue weighted by molar-refractivity contribution is 8.26. The molecular weight excluding hydrogens is 541 g/mol. The molecule has 2 amide bonds. The number of nitrogens with zero attached hydrogens (tertiary/aromatic N) is 2. The molecule has 1 fully saturated rings. The van der Waals surface area contributed by atoms with Gasteiger partial charge in [-0.25, -0.2) is 13.4 Å². The monoisotopic (exact) mass is 560 g/mol. The van der Waals surface area contributed by atoms with E-state index < -0.39 is 10.0 Å². The van der Waals surface area contributed by atoms with Crippen molar-refractivity contribution in [1.82, 2.24) is 9.88 Å². The van der Waals surface area contributed by atoms with E-state index in [0.717, 1.165) is 5.56 Å². The van der Waals surface area contributed by atoms with Crippen molar-refractivity contribution in [2.75, 3.05) is 23.7 Å². The van der Waals surface area contributed by atoms with E-state index in [1.165, 1.54) is 58.5 Å². The molecule has 0 unspecified atom stereocenters. The lowest BCUT2D eigenvalue weighted by molar-refractivity contribution is -0.122. The van der Waals surface area contributed by atoms with Crippen LogP contribution in [-0.4, -0.2) is 48.1 Å². The van der Waals surface area contributed by atoms with Crippen molar-refractivity contribution in [2.45, 2.75) is 11.3 Å². The van der Waals surface area contributed by atoms with Gasteiger partial charge in [0.05, 0.1) is 16.9 Å². The van der Waals surface area contributed by atoms with Gasteiger partial charge in [0.1, 0.15) is 10.1 Å². The number of carbonyl (C=O) groups excluding carboxylic acids is 2. The number of hydrogen-bond donors (Lipinski definition) is 2. The first-order valence-electron chi connectivity index (χ1n) is 10.5. The van der Waals surface area contributed by atoms with Crippen LogP contribution in [0, 0.1) is 0 Å². The summed E-state index contributed by atoms with van der Waals surface area (Å²) < 4.78 is 32.8.